The van der Waals surface area contributed by atoms with Gasteiger partial charge in [0.05, 0.1) is 12.5 Å². The molecule has 1 aliphatic heterocycles. The molecule has 1 aromatic rings. The number of nitrogens with one attached hydrogen (secondary N) is 3. The minimum absolute atomic E-state index is 0.146. The first-order valence-electron chi connectivity index (χ1n) is 8.90. The van der Waals surface area contributed by atoms with Gasteiger partial charge in [-0.3, -0.25) is 9.59 Å². The van der Waals surface area contributed by atoms with Gasteiger partial charge in [-0.2, -0.15) is 0 Å². The Balaban J connectivity index is 1.87. The van der Waals surface area contributed by atoms with Crippen molar-refractivity contribution in [3.63, 3.8) is 0 Å². The summed E-state index contributed by atoms with van der Waals surface area (Å²) in [5.41, 5.74) is 0.146. The lowest BCUT2D eigenvalue weighted by molar-refractivity contribution is -0.120. The van der Waals surface area contributed by atoms with Gasteiger partial charge in [0.1, 0.15) is 5.76 Å². The highest BCUT2D eigenvalue weighted by Crippen LogP contribution is 2.10. The number of aryl methyl sites for hydroxylation is 1. The van der Waals surface area contributed by atoms with Crippen LogP contribution >= 0.6 is 0 Å². The average Bonchev–Trinajstić information content (AvgIpc) is 2.98. The summed E-state index contributed by atoms with van der Waals surface area (Å²) in [6.07, 6.45) is 0.709. The summed E-state index contributed by atoms with van der Waals surface area (Å²) in [5, 5.41) is 12.2. The summed E-state index contributed by atoms with van der Waals surface area (Å²) in [5.74, 6) is -0.168. The van der Waals surface area contributed by atoms with Crippen molar-refractivity contribution in [1.29, 1.82) is 0 Å². The SMILES string of the molecule is Cc1cc(C(=O)NCC(=O)N[C@@H](CC(C)C)B2OCCNCCO2)no1. The summed E-state index contributed by atoms with van der Waals surface area (Å²) in [4.78, 5) is 24.2. The van der Waals surface area contributed by atoms with E-state index in [0.29, 0.717) is 31.3 Å². The molecule has 0 bridgehead atoms. The van der Waals surface area contributed by atoms with Crippen LogP contribution in [0.4, 0.5) is 0 Å². The van der Waals surface area contributed by atoms with E-state index in [4.69, 9.17) is 13.8 Å². The molecule has 144 valence electrons. The van der Waals surface area contributed by atoms with Crippen molar-refractivity contribution in [1.82, 2.24) is 21.1 Å². The van der Waals surface area contributed by atoms with Crippen LogP contribution < -0.4 is 16.0 Å². The van der Waals surface area contributed by atoms with Gasteiger partial charge in [-0.15, -0.1) is 0 Å². The Morgan fingerprint density at radius 2 is 2.00 bits per heavy atom. The number of carbonyl (C=O) groups excluding carboxylic acids is 2. The van der Waals surface area contributed by atoms with Gasteiger partial charge in [-0.1, -0.05) is 19.0 Å². The van der Waals surface area contributed by atoms with E-state index in [0.717, 1.165) is 13.1 Å². The van der Waals surface area contributed by atoms with Crippen molar-refractivity contribution in [3.8, 4) is 0 Å². The average molecular weight is 366 g/mol. The lowest BCUT2D eigenvalue weighted by Crippen LogP contribution is -2.53. The largest absolute Gasteiger partial charge is 0.480 e. The zero-order chi connectivity index (χ0) is 18.9. The van der Waals surface area contributed by atoms with Crippen LogP contribution in [0.25, 0.3) is 0 Å². The number of rotatable bonds is 7. The van der Waals surface area contributed by atoms with Crippen molar-refractivity contribution in [3.05, 3.63) is 17.5 Å². The third-order valence-corrected chi connectivity index (χ3v) is 3.79. The Labute approximate surface area is 153 Å². The number of aromatic nitrogens is 1. The van der Waals surface area contributed by atoms with Crippen LogP contribution in [0, 0.1) is 12.8 Å². The van der Waals surface area contributed by atoms with E-state index < -0.39 is 13.0 Å². The Hall–Kier alpha value is -1.91. The van der Waals surface area contributed by atoms with E-state index in [1.165, 1.54) is 6.07 Å². The van der Waals surface area contributed by atoms with Crippen LogP contribution in [0.3, 0.4) is 0 Å². The van der Waals surface area contributed by atoms with Gasteiger partial charge in [-0.25, -0.2) is 0 Å². The molecule has 1 atom stereocenters. The maximum atomic E-state index is 12.3. The number of amides is 2. The molecule has 1 fully saturated rings. The van der Waals surface area contributed by atoms with Crippen molar-refractivity contribution >= 4 is 18.9 Å². The molecule has 3 N–H and O–H groups in total. The van der Waals surface area contributed by atoms with Crippen molar-refractivity contribution < 1.29 is 23.4 Å². The molecule has 0 aliphatic carbocycles. The fourth-order valence-corrected chi connectivity index (χ4v) is 2.63. The van der Waals surface area contributed by atoms with Gasteiger partial charge in [-0.05, 0) is 19.3 Å². The summed E-state index contributed by atoms with van der Waals surface area (Å²) in [6.45, 7) is 8.18. The van der Waals surface area contributed by atoms with Gasteiger partial charge in [0.25, 0.3) is 5.91 Å². The Bertz CT molecular complexity index is 587. The van der Waals surface area contributed by atoms with Crippen LogP contribution in [-0.2, 0) is 14.1 Å². The Kier molecular flexibility index (Phi) is 8.08. The third-order valence-electron chi connectivity index (χ3n) is 3.79. The van der Waals surface area contributed by atoms with Gasteiger partial charge in [0, 0.05) is 32.4 Å². The second kappa shape index (κ2) is 10.3. The molecule has 1 aliphatic rings. The zero-order valence-electron chi connectivity index (χ0n) is 15.5. The smallest absolute Gasteiger partial charge is 0.408 e. The van der Waals surface area contributed by atoms with E-state index in [2.05, 4.69) is 35.0 Å². The number of nitrogens with zero attached hydrogens (tertiary/aromatic N) is 1. The molecule has 2 amide bonds. The van der Waals surface area contributed by atoms with Crippen LogP contribution in [0.5, 0.6) is 0 Å². The fourth-order valence-electron chi connectivity index (χ4n) is 2.63. The summed E-state index contributed by atoms with van der Waals surface area (Å²) < 4.78 is 16.3. The van der Waals surface area contributed by atoms with Crippen molar-refractivity contribution in [2.24, 2.45) is 5.92 Å². The second-order valence-corrected chi connectivity index (χ2v) is 6.67. The zero-order valence-corrected chi connectivity index (χ0v) is 15.5. The molecule has 9 nitrogen and oxygen atoms in total. The Morgan fingerprint density at radius 3 is 2.58 bits per heavy atom. The molecule has 1 saturated heterocycles. The standard InChI is InChI=1S/C16H27BN4O5/c1-11(2)8-14(17-24-6-4-18-5-7-25-17)20-15(22)10-19-16(23)13-9-12(3)26-21-13/h9,11,14,18H,4-8,10H2,1-3H3,(H,19,23)(H,20,22)/t14-/m0/s1. The molecule has 1 aromatic heterocycles. The molecular formula is C16H27BN4O5. The lowest BCUT2D eigenvalue weighted by atomic mass is 9.73. The van der Waals surface area contributed by atoms with Crippen molar-refractivity contribution in [2.75, 3.05) is 32.8 Å². The van der Waals surface area contributed by atoms with Gasteiger partial charge in [0.2, 0.25) is 5.91 Å². The maximum absolute atomic E-state index is 12.3. The predicted octanol–water partition coefficient (Wildman–Crippen LogP) is -0.0925. The van der Waals surface area contributed by atoms with E-state index in [9.17, 15) is 9.59 Å². The minimum Gasteiger partial charge on any atom is -0.408 e. The van der Waals surface area contributed by atoms with Gasteiger partial charge in [0.15, 0.2) is 5.69 Å². The summed E-state index contributed by atoms with van der Waals surface area (Å²) >= 11 is 0. The monoisotopic (exact) mass is 366 g/mol. The maximum Gasteiger partial charge on any atom is 0.480 e. The molecule has 0 saturated carbocycles. The van der Waals surface area contributed by atoms with Crippen LogP contribution in [0.2, 0.25) is 0 Å². The van der Waals surface area contributed by atoms with Gasteiger partial charge < -0.3 is 29.8 Å². The molecule has 10 heteroatoms. The molecule has 2 rings (SSSR count). The molecule has 2 heterocycles. The number of hydrogen-bond acceptors (Lipinski definition) is 7. The number of hydrogen-bond donors (Lipinski definition) is 3. The first-order chi connectivity index (χ1) is 12.5. The van der Waals surface area contributed by atoms with E-state index >= 15 is 0 Å². The summed E-state index contributed by atoms with van der Waals surface area (Å²) in [7, 11) is -0.502. The highest BCUT2D eigenvalue weighted by atomic mass is 16.6. The molecule has 26 heavy (non-hydrogen) atoms. The second-order valence-electron chi connectivity index (χ2n) is 6.67. The molecular weight excluding hydrogens is 339 g/mol. The van der Waals surface area contributed by atoms with Crippen LogP contribution in [-0.4, -0.2) is 62.9 Å². The quantitative estimate of drug-likeness (QED) is 0.578. The topological polar surface area (TPSA) is 115 Å². The third kappa shape index (κ3) is 6.78. The molecule has 0 spiro atoms. The highest BCUT2D eigenvalue weighted by molar-refractivity contribution is 6.47. The fraction of sp³-hybridized carbons (Fsp3) is 0.688. The first kappa shape index (κ1) is 20.4. The lowest BCUT2D eigenvalue weighted by Gasteiger charge is -2.27. The van der Waals surface area contributed by atoms with E-state index in [1.54, 1.807) is 6.92 Å². The van der Waals surface area contributed by atoms with E-state index in [1.807, 2.05) is 0 Å². The predicted molar refractivity (Wildman–Crippen MR) is 95.5 cm³/mol. The summed E-state index contributed by atoms with van der Waals surface area (Å²) in [6, 6.07) is 1.51. The van der Waals surface area contributed by atoms with Crippen molar-refractivity contribution in [2.45, 2.75) is 33.1 Å². The van der Waals surface area contributed by atoms with Crippen LogP contribution in [0.1, 0.15) is 36.5 Å². The van der Waals surface area contributed by atoms with Crippen LogP contribution in [0.15, 0.2) is 10.6 Å². The Morgan fingerprint density at radius 1 is 1.31 bits per heavy atom. The number of carbonyl (C=O) groups is 2. The molecule has 0 aromatic carbocycles. The minimum atomic E-state index is -0.502. The molecule has 0 radical (unpaired) electrons. The normalized spacial score (nSPS) is 16.7. The van der Waals surface area contributed by atoms with Gasteiger partial charge >= 0.3 is 7.12 Å². The first-order valence-corrected chi connectivity index (χ1v) is 8.90. The van der Waals surface area contributed by atoms with E-state index in [-0.39, 0.29) is 24.1 Å². The molecule has 0 unspecified atom stereocenters. The highest BCUT2D eigenvalue weighted by Gasteiger charge is 2.33.